The molecule has 2 aliphatic carbocycles. The highest BCUT2D eigenvalue weighted by molar-refractivity contribution is 4.94. The molecule has 2 fully saturated rings. The molecule has 0 atom stereocenters. The summed E-state index contributed by atoms with van der Waals surface area (Å²) in [5.41, 5.74) is -0.448. The molecule has 2 saturated carbocycles. The Kier molecular flexibility index (Phi) is 1.48. The molecular formula is C9H15O. The van der Waals surface area contributed by atoms with Crippen molar-refractivity contribution in [2.75, 3.05) is 0 Å². The maximum Gasteiger partial charge on any atom is 0.106 e. The smallest absolute Gasteiger partial charge is 0.106 e. The molecule has 1 radical (unpaired) electrons. The van der Waals surface area contributed by atoms with E-state index < -0.39 is 5.60 Å². The summed E-state index contributed by atoms with van der Waals surface area (Å²) in [5.74, 6) is 0.557. The molecule has 10 heavy (non-hydrogen) atoms. The number of hydrogen-bond donors (Lipinski definition) is 0. The first kappa shape index (κ1) is 6.66. The summed E-state index contributed by atoms with van der Waals surface area (Å²) >= 11 is 0. The second kappa shape index (κ2) is 2.23. The molecule has 0 N–H and O–H groups in total. The normalized spacial score (nSPS) is 32.1. The molecule has 0 spiro atoms. The molecule has 1 nitrogen and oxygen atoms in total. The lowest BCUT2D eigenvalue weighted by Gasteiger charge is -2.39. The van der Waals surface area contributed by atoms with Crippen LogP contribution in [0.2, 0.25) is 0 Å². The first-order valence-electron chi connectivity index (χ1n) is 4.52. The second-order valence-electron chi connectivity index (χ2n) is 3.90. The van der Waals surface area contributed by atoms with Gasteiger partial charge in [-0.15, -0.1) is 0 Å². The minimum atomic E-state index is -0.448. The van der Waals surface area contributed by atoms with Crippen LogP contribution in [0.25, 0.3) is 0 Å². The summed E-state index contributed by atoms with van der Waals surface area (Å²) in [5, 5.41) is 11.8. The average Bonchev–Trinajstić information content (AvgIpc) is 2.33. The third kappa shape index (κ3) is 0.878. The van der Waals surface area contributed by atoms with E-state index in [4.69, 9.17) is 0 Å². The van der Waals surface area contributed by atoms with Crippen molar-refractivity contribution in [3.8, 4) is 0 Å². The highest BCUT2D eigenvalue weighted by atomic mass is 16.3. The maximum absolute atomic E-state index is 11.8. The van der Waals surface area contributed by atoms with Gasteiger partial charge in [-0.05, 0) is 38.0 Å². The van der Waals surface area contributed by atoms with E-state index in [-0.39, 0.29) is 0 Å². The molecular weight excluding hydrogens is 124 g/mol. The maximum atomic E-state index is 11.8. The Labute approximate surface area is 62.4 Å². The largest absolute Gasteiger partial charge is 0.229 e. The Morgan fingerprint density at radius 3 is 2.00 bits per heavy atom. The van der Waals surface area contributed by atoms with E-state index in [1.165, 1.54) is 32.1 Å². The fourth-order valence-electron chi connectivity index (χ4n) is 2.39. The first-order chi connectivity index (χ1) is 4.81. The van der Waals surface area contributed by atoms with Crippen molar-refractivity contribution in [2.24, 2.45) is 5.92 Å². The lowest BCUT2D eigenvalue weighted by molar-refractivity contribution is -0.133. The average molecular weight is 139 g/mol. The summed E-state index contributed by atoms with van der Waals surface area (Å²) in [6.45, 7) is 0. The summed E-state index contributed by atoms with van der Waals surface area (Å²) in [6, 6.07) is 0. The zero-order chi connectivity index (χ0) is 7.03. The van der Waals surface area contributed by atoms with Gasteiger partial charge in [-0.25, -0.2) is 5.11 Å². The van der Waals surface area contributed by atoms with E-state index in [2.05, 4.69) is 0 Å². The molecule has 57 valence electrons. The third-order valence-electron chi connectivity index (χ3n) is 3.30. The topological polar surface area (TPSA) is 19.9 Å². The van der Waals surface area contributed by atoms with Gasteiger partial charge in [0.1, 0.15) is 5.60 Å². The molecule has 1 heteroatoms. The Morgan fingerprint density at radius 1 is 1.00 bits per heavy atom. The van der Waals surface area contributed by atoms with E-state index in [0.29, 0.717) is 5.92 Å². The van der Waals surface area contributed by atoms with E-state index in [1.807, 2.05) is 0 Å². The fraction of sp³-hybridized carbons (Fsp3) is 1.00. The van der Waals surface area contributed by atoms with E-state index >= 15 is 0 Å². The Morgan fingerprint density at radius 2 is 1.60 bits per heavy atom. The molecule has 0 aromatic rings. The summed E-state index contributed by atoms with van der Waals surface area (Å²) in [6.07, 6.45) is 8.21. The summed E-state index contributed by atoms with van der Waals surface area (Å²) in [7, 11) is 0. The van der Waals surface area contributed by atoms with Crippen molar-refractivity contribution in [3.63, 3.8) is 0 Å². The highest BCUT2D eigenvalue weighted by Crippen LogP contribution is 2.45. The molecule has 0 aromatic carbocycles. The predicted octanol–water partition coefficient (Wildman–Crippen LogP) is 2.53. The Bertz CT molecular complexity index is 121. The zero-order valence-electron chi connectivity index (χ0n) is 6.44. The van der Waals surface area contributed by atoms with Crippen LogP contribution in [0.4, 0.5) is 0 Å². The van der Waals surface area contributed by atoms with Crippen molar-refractivity contribution >= 4 is 0 Å². The number of hydrogen-bond acceptors (Lipinski definition) is 0. The Hall–Kier alpha value is -0.0400. The SMILES string of the molecule is [O]C1(C2CCCC2)CCC1. The van der Waals surface area contributed by atoms with Gasteiger partial charge in [0.05, 0.1) is 0 Å². The van der Waals surface area contributed by atoms with Gasteiger partial charge in [0, 0.05) is 0 Å². The van der Waals surface area contributed by atoms with Crippen LogP contribution in [0.15, 0.2) is 0 Å². The van der Waals surface area contributed by atoms with Crippen LogP contribution in [0, 0.1) is 5.92 Å². The van der Waals surface area contributed by atoms with E-state index in [0.717, 1.165) is 12.8 Å². The van der Waals surface area contributed by atoms with Crippen molar-refractivity contribution in [1.29, 1.82) is 0 Å². The van der Waals surface area contributed by atoms with Gasteiger partial charge in [-0.3, -0.25) is 0 Å². The molecule has 0 unspecified atom stereocenters. The van der Waals surface area contributed by atoms with Gasteiger partial charge in [-0.1, -0.05) is 12.8 Å². The van der Waals surface area contributed by atoms with Gasteiger partial charge in [0.15, 0.2) is 0 Å². The minimum absolute atomic E-state index is 0.448. The van der Waals surface area contributed by atoms with Gasteiger partial charge >= 0.3 is 0 Å². The molecule has 0 aliphatic heterocycles. The molecule has 0 amide bonds. The quantitative estimate of drug-likeness (QED) is 0.532. The third-order valence-corrected chi connectivity index (χ3v) is 3.30. The lowest BCUT2D eigenvalue weighted by atomic mass is 9.70. The number of rotatable bonds is 1. The Balaban J connectivity index is 1.96. The van der Waals surface area contributed by atoms with Gasteiger partial charge < -0.3 is 0 Å². The van der Waals surface area contributed by atoms with Crippen molar-refractivity contribution in [2.45, 2.75) is 50.5 Å². The monoisotopic (exact) mass is 139 g/mol. The summed E-state index contributed by atoms with van der Waals surface area (Å²) in [4.78, 5) is 0. The van der Waals surface area contributed by atoms with Crippen LogP contribution >= 0.6 is 0 Å². The van der Waals surface area contributed by atoms with Crippen LogP contribution in [-0.2, 0) is 5.11 Å². The second-order valence-corrected chi connectivity index (χ2v) is 3.90. The molecule has 0 heterocycles. The van der Waals surface area contributed by atoms with Crippen LogP contribution in [-0.4, -0.2) is 5.60 Å². The molecule has 0 saturated heterocycles. The van der Waals surface area contributed by atoms with Gasteiger partial charge in [-0.2, -0.15) is 0 Å². The summed E-state index contributed by atoms with van der Waals surface area (Å²) < 4.78 is 0. The molecule has 2 aliphatic rings. The van der Waals surface area contributed by atoms with E-state index in [9.17, 15) is 5.11 Å². The lowest BCUT2D eigenvalue weighted by Crippen LogP contribution is -2.41. The molecule has 2 rings (SSSR count). The van der Waals surface area contributed by atoms with Gasteiger partial charge in [0.2, 0.25) is 0 Å². The van der Waals surface area contributed by atoms with Crippen LogP contribution in [0.5, 0.6) is 0 Å². The van der Waals surface area contributed by atoms with Crippen molar-refractivity contribution in [1.82, 2.24) is 0 Å². The fourth-order valence-corrected chi connectivity index (χ4v) is 2.39. The van der Waals surface area contributed by atoms with E-state index in [1.54, 1.807) is 0 Å². The minimum Gasteiger partial charge on any atom is -0.229 e. The van der Waals surface area contributed by atoms with Crippen LogP contribution in [0.3, 0.4) is 0 Å². The van der Waals surface area contributed by atoms with Gasteiger partial charge in [0.25, 0.3) is 0 Å². The molecule has 0 bridgehead atoms. The van der Waals surface area contributed by atoms with Crippen molar-refractivity contribution in [3.05, 3.63) is 0 Å². The highest BCUT2D eigenvalue weighted by Gasteiger charge is 2.44. The van der Waals surface area contributed by atoms with Crippen molar-refractivity contribution < 1.29 is 5.11 Å². The predicted molar refractivity (Wildman–Crippen MR) is 39.2 cm³/mol. The first-order valence-corrected chi connectivity index (χ1v) is 4.52. The standard InChI is InChI=1S/C9H15O/c10-9(6-3-7-9)8-4-1-2-5-8/h8H,1-7H2. The van der Waals surface area contributed by atoms with Crippen LogP contribution < -0.4 is 0 Å². The van der Waals surface area contributed by atoms with Crippen LogP contribution in [0.1, 0.15) is 44.9 Å². The molecule has 0 aromatic heterocycles. The zero-order valence-corrected chi connectivity index (χ0v) is 6.44.